The first-order valence-electron chi connectivity index (χ1n) is 8.40. The number of piperidine rings is 1. The van der Waals surface area contributed by atoms with Crippen LogP contribution < -0.4 is 4.74 Å². The molecule has 0 amide bonds. The average molecular weight is 329 g/mol. The highest BCUT2D eigenvalue weighted by Crippen LogP contribution is 2.57. The quantitative estimate of drug-likeness (QED) is 0.899. The Labute approximate surface area is 141 Å². The molecule has 4 rings (SSSR count). The van der Waals surface area contributed by atoms with Crippen molar-refractivity contribution in [1.82, 2.24) is 4.90 Å². The minimum absolute atomic E-state index is 0.0205. The molecule has 1 aromatic rings. The summed E-state index contributed by atoms with van der Waals surface area (Å²) in [5.41, 5.74) is 1.68. The standard InChI is InChI=1S/C19H23NO4/c1-20-7-6-19-10-14(21)16(24-3)9-12(19)13(20)8-11-4-5-15(23-2)18(22)17(11)19/h4-5,9,12-13,22H,6-8,10H2,1-3H3/t12-,13+,19-/m0/s1. The van der Waals surface area contributed by atoms with Crippen LogP contribution in [-0.2, 0) is 21.4 Å². The van der Waals surface area contributed by atoms with Crippen molar-refractivity contribution in [2.75, 3.05) is 27.8 Å². The number of ether oxygens (including phenoxy) is 2. The molecule has 2 aliphatic carbocycles. The monoisotopic (exact) mass is 329 g/mol. The lowest BCUT2D eigenvalue weighted by Gasteiger charge is -2.56. The first-order chi connectivity index (χ1) is 11.5. The van der Waals surface area contributed by atoms with Gasteiger partial charge in [-0.2, -0.15) is 0 Å². The van der Waals surface area contributed by atoms with Gasteiger partial charge in [-0.15, -0.1) is 0 Å². The lowest BCUT2D eigenvalue weighted by Crippen LogP contribution is -2.60. The Kier molecular flexibility index (Phi) is 3.39. The molecule has 3 atom stereocenters. The van der Waals surface area contributed by atoms with Crippen molar-refractivity contribution in [2.24, 2.45) is 5.92 Å². The van der Waals surface area contributed by atoms with E-state index in [-0.39, 0.29) is 22.9 Å². The maximum absolute atomic E-state index is 12.6. The molecule has 24 heavy (non-hydrogen) atoms. The number of likely N-dealkylation sites (tertiary alicyclic amines) is 1. The van der Waals surface area contributed by atoms with Crippen molar-refractivity contribution in [3.63, 3.8) is 0 Å². The summed E-state index contributed by atoms with van der Waals surface area (Å²) in [4.78, 5) is 15.0. The molecule has 0 spiro atoms. The third kappa shape index (κ3) is 1.88. The van der Waals surface area contributed by atoms with Gasteiger partial charge >= 0.3 is 0 Å². The third-order valence-corrected chi connectivity index (χ3v) is 6.21. The molecule has 128 valence electrons. The Hall–Kier alpha value is -2.01. The first kappa shape index (κ1) is 15.5. The number of Topliss-reactive ketones (excluding diaryl/α,β-unsaturated/α-hetero) is 1. The Morgan fingerprint density at radius 3 is 2.79 bits per heavy atom. The number of benzene rings is 1. The van der Waals surface area contributed by atoms with E-state index in [1.165, 1.54) is 0 Å². The van der Waals surface area contributed by atoms with Gasteiger partial charge in [0.05, 0.1) is 14.2 Å². The fourth-order valence-electron chi connectivity index (χ4n) is 5.03. The van der Waals surface area contributed by atoms with Crippen LogP contribution in [0.25, 0.3) is 0 Å². The van der Waals surface area contributed by atoms with E-state index in [0.29, 0.717) is 24.0 Å². The highest BCUT2D eigenvalue weighted by molar-refractivity contribution is 5.96. The van der Waals surface area contributed by atoms with Gasteiger partial charge in [-0.1, -0.05) is 6.07 Å². The molecule has 1 fully saturated rings. The van der Waals surface area contributed by atoms with Gasteiger partial charge in [0.15, 0.2) is 23.0 Å². The molecule has 3 aliphatic rings. The van der Waals surface area contributed by atoms with Crippen LogP contribution in [0.1, 0.15) is 24.0 Å². The molecular weight excluding hydrogens is 306 g/mol. The number of ketones is 1. The van der Waals surface area contributed by atoms with Gasteiger partial charge in [0.2, 0.25) is 0 Å². The molecule has 2 bridgehead atoms. The zero-order chi connectivity index (χ0) is 17.1. The van der Waals surface area contributed by atoms with Crippen LogP contribution in [0.15, 0.2) is 24.0 Å². The number of carbonyl (C=O) groups is 1. The number of nitrogens with zero attached hydrogens (tertiary/aromatic N) is 1. The maximum atomic E-state index is 12.6. The molecule has 0 unspecified atom stereocenters. The fraction of sp³-hybridized carbons (Fsp3) is 0.526. The molecular formula is C19H23NO4. The van der Waals surface area contributed by atoms with Crippen LogP contribution in [0.2, 0.25) is 0 Å². The molecule has 0 radical (unpaired) electrons. The predicted molar refractivity (Wildman–Crippen MR) is 89.3 cm³/mol. The third-order valence-electron chi connectivity index (χ3n) is 6.21. The number of hydrogen-bond acceptors (Lipinski definition) is 5. The van der Waals surface area contributed by atoms with Crippen LogP contribution in [0.4, 0.5) is 0 Å². The van der Waals surface area contributed by atoms with Crippen molar-refractivity contribution in [1.29, 1.82) is 0 Å². The Morgan fingerprint density at radius 2 is 2.08 bits per heavy atom. The summed E-state index contributed by atoms with van der Waals surface area (Å²) < 4.78 is 10.6. The zero-order valence-corrected chi connectivity index (χ0v) is 14.3. The number of carbonyl (C=O) groups excluding carboxylic acids is 1. The minimum atomic E-state index is -0.359. The van der Waals surface area contributed by atoms with Gasteiger partial charge < -0.3 is 19.5 Å². The molecule has 1 aromatic carbocycles. The van der Waals surface area contributed by atoms with Gasteiger partial charge in [0.1, 0.15) is 0 Å². The lowest BCUT2D eigenvalue weighted by molar-refractivity contribution is -0.122. The Morgan fingerprint density at radius 1 is 1.29 bits per heavy atom. The largest absolute Gasteiger partial charge is 0.504 e. The molecule has 1 aliphatic heterocycles. The van der Waals surface area contributed by atoms with Crippen LogP contribution in [-0.4, -0.2) is 49.6 Å². The van der Waals surface area contributed by atoms with Gasteiger partial charge in [-0.05, 0) is 44.1 Å². The lowest BCUT2D eigenvalue weighted by atomic mass is 9.53. The maximum Gasteiger partial charge on any atom is 0.197 e. The normalized spacial score (nSPS) is 31.8. The van der Waals surface area contributed by atoms with Crippen LogP contribution in [0.3, 0.4) is 0 Å². The number of likely N-dealkylation sites (N-methyl/N-ethyl adjacent to an activating group) is 1. The second kappa shape index (κ2) is 5.24. The molecule has 1 N–H and O–H groups in total. The summed E-state index contributed by atoms with van der Waals surface area (Å²) in [5.74, 6) is 1.32. The summed E-state index contributed by atoms with van der Waals surface area (Å²) in [6.07, 6.45) is 4.08. The van der Waals surface area contributed by atoms with E-state index in [9.17, 15) is 9.90 Å². The number of aromatic hydroxyl groups is 1. The van der Waals surface area contributed by atoms with Gasteiger partial charge in [-0.3, -0.25) is 4.79 Å². The minimum Gasteiger partial charge on any atom is -0.504 e. The summed E-state index contributed by atoms with van der Waals surface area (Å²) >= 11 is 0. The van der Waals surface area contributed by atoms with Gasteiger partial charge in [0, 0.05) is 29.4 Å². The predicted octanol–water partition coefficient (Wildman–Crippen LogP) is 2.02. The zero-order valence-electron chi connectivity index (χ0n) is 14.3. The van der Waals surface area contributed by atoms with Crippen molar-refractivity contribution in [3.8, 4) is 11.5 Å². The molecule has 5 nitrogen and oxygen atoms in total. The number of hydrogen-bond donors (Lipinski definition) is 1. The molecule has 1 heterocycles. The first-order valence-corrected chi connectivity index (χ1v) is 8.40. The molecule has 5 heteroatoms. The van der Waals surface area contributed by atoms with Crippen molar-refractivity contribution < 1.29 is 19.4 Å². The van der Waals surface area contributed by atoms with Crippen LogP contribution in [0.5, 0.6) is 11.5 Å². The number of allylic oxidation sites excluding steroid dienone is 1. The van der Waals surface area contributed by atoms with Crippen molar-refractivity contribution >= 4 is 5.78 Å². The number of phenols is 1. The van der Waals surface area contributed by atoms with Gasteiger partial charge in [0.25, 0.3) is 0 Å². The molecule has 1 saturated heterocycles. The second-order valence-electron chi connectivity index (χ2n) is 7.17. The Balaban J connectivity index is 1.97. The van der Waals surface area contributed by atoms with E-state index in [2.05, 4.69) is 11.9 Å². The van der Waals surface area contributed by atoms with E-state index < -0.39 is 0 Å². The summed E-state index contributed by atoms with van der Waals surface area (Å²) in [5, 5.41) is 10.9. The van der Waals surface area contributed by atoms with E-state index >= 15 is 0 Å². The topological polar surface area (TPSA) is 59.0 Å². The number of rotatable bonds is 2. The van der Waals surface area contributed by atoms with E-state index in [1.807, 2.05) is 18.2 Å². The van der Waals surface area contributed by atoms with Crippen molar-refractivity contribution in [3.05, 3.63) is 35.1 Å². The van der Waals surface area contributed by atoms with E-state index in [0.717, 1.165) is 30.5 Å². The van der Waals surface area contributed by atoms with E-state index in [1.54, 1.807) is 14.2 Å². The number of methoxy groups -OCH3 is 2. The van der Waals surface area contributed by atoms with E-state index in [4.69, 9.17) is 9.47 Å². The molecule has 0 saturated carbocycles. The highest BCUT2D eigenvalue weighted by atomic mass is 16.5. The highest BCUT2D eigenvalue weighted by Gasteiger charge is 2.56. The summed E-state index contributed by atoms with van der Waals surface area (Å²) in [7, 11) is 5.25. The van der Waals surface area contributed by atoms with Gasteiger partial charge in [-0.25, -0.2) is 0 Å². The van der Waals surface area contributed by atoms with Crippen LogP contribution >= 0.6 is 0 Å². The SMILES string of the molecule is COC1=C[C@H]2[C@H]3Cc4ccc(OC)c(O)c4[C@@]2(CCN3C)CC1=O. The number of fused-ring (bicyclic) bond motifs is 1. The second-order valence-corrected chi connectivity index (χ2v) is 7.17. The van der Waals surface area contributed by atoms with Crippen LogP contribution in [0, 0.1) is 5.92 Å². The fourth-order valence-corrected chi connectivity index (χ4v) is 5.03. The summed E-state index contributed by atoms with van der Waals surface area (Å²) in [6.45, 7) is 0.917. The number of phenolic OH excluding ortho intramolecular Hbond substituents is 1. The van der Waals surface area contributed by atoms with Crippen molar-refractivity contribution in [2.45, 2.75) is 30.7 Å². The summed E-state index contributed by atoms with van der Waals surface area (Å²) in [6, 6.07) is 4.18. The molecule has 0 aromatic heterocycles. The average Bonchev–Trinajstić information content (AvgIpc) is 2.57. The smallest absolute Gasteiger partial charge is 0.197 e. The Bertz CT molecular complexity index is 741.